The first-order chi connectivity index (χ1) is 13.3. The van der Waals surface area contributed by atoms with E-state index in [1.54, 1.807) is 31.0 Å². The van der Waals surface area contributed by atoms with Crippen molar-refractivity contribution in [2.24, 2.45) is 0 Å². The largest absolute Gasteiger partial charge is 0.368 e. The predicted molar refractivity (Wildman–Crippen MR) is 105 cm³/mol. The summed E-state index contributed by atoms with van der Waals surface area (Å²) in [5.41, 5.74) is 1.37. The maximum Gasteiger partial charge on any atom is 0.292 e. The van der Waals surface area contributed by atoms with Crippen LogP contribution in [0.25, 0.3) is 5.69 Å². The van der Waals surface area contributed by atoms with Crippen LogP contribution < -0.4 is 10.5 Å². The fourth-order valence-corrected chi connectivity index (χ4v) is 2.96. The second kappa shape index (κ2) is 7.77. The Morgan fingerprint density at radius 1 is 1.25 bits per heavy atom. The van der Waals surface area contributed by atoms with Gasteiger partial charge in [-0.05, 0) is 36.2 Å². The Kier molecular flexibility index (Phi) is 5.41. The Morgan fingerprint density at radius 2 is 1.93 bits per heavy atom. The van der Waals surface area contributed by atoms with Gasteiger partial charge in [0.2, 0.25) is 0 Å². The highest BCUT2D eigenvalue weighted by Crippen LogP contribution is 2.23. The summed E-state index contributed by atoms with van der Waals surface area (Å²) in [6, 6.07) is 10.3. The van der Waals surface area contributed by atoms with Crippen LogP contribution in [0.4, 0.5) is 15.8 Å². The van der Waals surface area contributed by atoms with Crippen LogP contribution in [0.3, 0.4) is 0 Å². The first-order valence-electron chi connectivity index (χ1n) is 8.26. The summed E-state index contributed by atoms with van der Waals surface area (Å²) in [7, 11) is 1.72. The van der Waals surface area contributed by atoms with Gasteiger partial charge < -0.3 is 4.90 Å². The van der Waals surface area contributed by atoms with Crippen LogP contribution in [0.2, 0.25) is 5.02 Å². The lowest BCUT2D eigenvalue weighted by molar-refractivity contribution is -0.384. The normalized spacial score (nSPS) is 10.7. The Bertz CT molecular complexity index is 1100. The molecule has 0 atom stereocenters. The molecule has 0 unspecified atom stereocenters. The monoisotopic (exact) mass is 402 g/mol. The average molecular weight is 403 g/mol. The fraction of sp³-hybridized carbons (Fsp3) is 0.158. The molecule has 2 aromatic carbocycles. The van der Waals surface area contributed by atoms with Gasteiger partial charge in [-0.1, -0.05) is 23.7 Å². The van der Waals surface area contributed by atoms with Crippen molar-refractivity contribution in [1.82, 2.24) is 9.78 Å². The van der Waals surface area contributed by atoms with E-state index < -0.39 is 10.5 Å². The van der Waals surface area contributed by atoms with Crippen LogP contribution in [0.5, 0.6) is 0 Å². The molecule has 7 nitrogen and oxygen atoms in total. The molecule has 0 saturated carbocycles. The zero-order valence-electron chi connectivity index (χ0n) is 15.1. The number of non-ortho nitro benzene ring substituents is 1. The Morgan fingerprint density at radius 3 is 2.54 bits per heavy atom. The molecule has 0 bridgehead atoms. The van der Waals surface area contributed by atoms with Crippen LogP contribution in [-0.2, 0) is 6.54 Å². The van der Waals surface area contributed by atoms with E-state index in [2.05, 4.69) is 5.10 Å². The third-order valence-electron chi connectivity index (χ3n) is 4.27. The fourth-order valence-electron chi connectivity index (χ4n) is 2.68. The molecule has 0 saturated heterocycles. The zero-order valence-corrected chi connectivity index (χ0v) is 15.9. The molecule has 0 fully saturated rings. The quantitative estimate of drug-likeness (QED) is 0.478. The van der Waals surface area contributed by atoms with Gasteiger partial charge in [0, 0.05) is 25.7 Å². The summed E-state index contributed by atoms with van der Waals surface area (Å²) in [4.78, 5) is 24.5. The zero-order chi connectivity index (χ0) is 20.4. The number of nitro benzene ring substituents is 1. The number of benzene rings is 2. The van der Waals surface area contributed by atoms with Crippen LogP contribution in [0, 0.1) is 22.9 Å². The lowest BCUT2D eigenvalue weighted by Gasteiger charge is -2.20. The number of halogens is 2. The van der Waals surface area contributed by atoms with Crippen molar-refractivity contribution in [1.29, 1.82) is 0 Å². The molecule has 9 heteroatoms. The third-order valence-corrected chi connectivity index (χ3v) is 4.63. The SMILES string of the molecule is Cc1ccc(CN(C)c2cnn(-c3ccc([N+](=O)[O-])cc3)c(=O)c2Cl)cc1F. The maximum atomic E-state index is 13.7. The van der Waals surface area contributed by atoms with Crippen molar-refractivity contribution in [2.75, 3.05) is 11.9 Å². The first-order valence-corrected chi connectivity index (χ1v) is 8.64. The summed E-state index contributed by atoms with van der Waals surface area (Å²) in [5.74, 6) is -0.302. The van der Waals surface area contributed by atoms with Crippen molar-refractivity contribution >= 4 is 23.0 Å². The maximum absolute atomic E-state index is 13.7. The van der Waals surface area contributed by atoms with Gasteiger partial charge in [-0.15, -0.1) is 0 Å². The van der Waals surface area contributed by atoms with Crippen LogP contribution in [-0.4, -0.2) is 21.8 Å². The van der Waals surface area contributed by atoms with Gasteiger partial charge in [0.25, 0.3) is 11.2 Å². The summed E-state index contributed by atoms with van der Waals surface area (Å²) in [6.45, 7) is 2.01. The van der Waals surface area contributed by atoms with Crippen molar-refractivity contribution in [2.45, 2.75) is 13.5 Å². The van der Waals surface area contributed by atoms with Crippen molar-refractivity contribution in [3.63, 3.8) is 0 Å². The van der Waals surface area contributed by atoms with Gasteiger partial charge >= 0.3 is 0 Å². The summed E-state index contributed by atoms with van der Waals surface area (Å²) in [6.07, 6.45) is 1.43. The molecule has 0 aliphatic rings. The van der Waals surface area contributed by atoms with Gasteiger partial charge in [0.1, 0.15) is 10.8 Å². The molecule has 0 spiro atoms. The topological polar surface area (TPSA) is 81.3 Å². The molecule has 144 valence electrons. The minimum atomic E-state index is -0.560. The Labute approximate surface area is 164 Å². The van der Waals surface area contributed by atoms with Gasteiger partial charge in [0.15, 0.2) is 0 Å². The Balaban J connectivity index is 1.89. The van der Waals surface area contributed by atoms with E-state index in [1.165, 1.54) is 36.5 Å². The number of aromatic nitrogens is 2. The molecule has 0 radical (unpaired) electrons. The minimum Gasteiger partial charge on any atom is -0.368 e. The molecule has 0 N–H and O–H groups in total. The van der Waals surface area contributed by atoms with Gasteiger partial charge in [-0.25, -0.2) is 4.39 Å². The predicted octanol–water partition coefficient (Wildman–Crippen LogP) is 3.88. The molecule has 0 aliphatic heterocycles. The van der Waals surface area contributed by atoms with Crippen molar-refractivity contribution < 1.29 is 9.31 Å². The van der Waals surface area contributed by atoms with E-state index >= 15 is 0 Å². The number of hydrogen-bond donors (Lipinski definition) is 0. The molecule has 0 aliphatic carbocycles. The number of hydrogen-bond acceptors (Lipinski definition) is 5. The summed E-state index contributed by atoms with van der Waals surface area (Å²) >= 11 is 6.25. The second-order valence-electron chi connectivity index (χ2n) is 6.27. The average Bonchev–Trinajstić information content (AvgIpc) is 2.67. The van der Waals surface area contributed by atoms with E-state index in [0.29, 0.717) is 23.5 Å². The molecule has 1 aromatic heterocycles. The molecule has 0 amide bonds. The van der Waals surface area contributed by atoms with Crippen molar-refractivity contribution in [3.8, 4) is 5.69 Å². The molecule has 3 aromatic rings. The number of nitrogens with zero attached hydrogens (tertiary/aromatic N) is 4. The van der Waals surface area contributed by atoms with Crippen LogP contribution in [0.15, 0.2) is 53.5 Å². The van der Waals surface area contributed by atoms with Crippen LogP contribution >= 0.6 is 11.6 Å². The van der Waals surface area contributed by atoms with Crippen molar-refractivity contribution in [3.05, 3.63) is 91.1 Å². The third kappa shape index (κ3) is 3.86. The van der Waals surface area contributed by atoms with Gasteiger partial charge in [-0.2, -0.15) is 9.78 Å². The minimum absolute atomic E-state index is 0.0524. The van der Waals surface area contributed by atoms with Gasteiger partial charge in [-0.3, -0.25) is 14.9 Å². The molecule has 1 heterocycles. The molecule has 28 heavy (non-hydrogen) atoms. The highest BCUT2D eigenvalue weighted by molar-refractivity contribution is 6.33. The van der Waals surface area contributed by atoms with E-state index in [1.807, 2.05) is 0 Å². The molecular formula is C19H16ClFN4O3. The molecular weight excluding hydrogens is 387 g/mol. The highest BCUT2D eigenvalue weighted by atomic mass is 35.5. The standard InChI is InChI=1S/C19H16ClFN4O3/c1-12-3-4-13(9-16(12)21)11-23(2)17-10-22-24(19(26)18(17)20)14-5-7-15(8-6-14)25(27)28/h3-10H,11H2,1-2H3. The van der Waals surface area contributed by atoms with E-state index in [-0.39, 0.29) is 16.5 Å². The molecule has 3 rings (SSSR count). The summed E-state index contributed by atoms with van der Waals surface area (Å²) in [5, 5.41) is 14.8. The van der Waals surface area contributed by atoms with E-state index in [9.17, 15) is 19.3 Å². The Hall–Kier alpha value is -3.26. The van der Waals surface area contributed by atoms with Gasteiger partial charge in [0.05, 0.1) is 22.5 Å². The van der Waals surface area contributed by atoms with Crippen LogP contribution in [0.1, 0.15) is 11.1 Å². The lowest BCUT2D eigenvalue weighted by atomic mass is 10.1. The highest BCUT2D eigenvalue weighted by Gasteiger charge is 2.15. The number of rotatable bonds is 5. The second-order valence-corrected chi connectivity index (χ2v) is 6.65. The number of anilines is 1. The smallest absolute Gasteiger partial charge is 0.292 e. The number of aryl methyl sites for hydroxylation is 1. The van der Waals surface area contributed by atoms with E-state index in [0.717, 1.165) is 10.2 Å². The number of nitro groups is 1. The summed E-state index contributed by atoms with van der Waals surface area (Å²) < 4.78 is 14.8. The lowest BCUT2D eigenvalue weighted by Crippen LogP contribution is -2.26. The van der Waals surface area contributed by atoms with E-state index in [4.69, 9.17) is 11.6 Å². The first kappa shape index (κ1) is 19.5.